The second-order valence-corrected chi connectivity index (χ2v) is 6.58. The molecule has 0 bridgehead atoms. The summed E-state index contributed by atoms with van der Waals surface area (Å²) in [5, 5.41) is 16.3. The van der Waals surface area contributed by atoms with Crippen LogP contribution in [0.4, 0.5) is 0 Å². The monoisotopic (exact) mass is 365 g/mol. The minimum atomic E-state index is -0.320. The molecule has 0 aliphatic rings. The summed E-state index contributed by atoms with van der Waals surface area (Å²) >= 11 is 1.50. The number of nitrogens with zero attached hydrogens (tertiary/aromatic N) is 6. The van der Waals surface area contributed by atoms with Gasteiger partial charge < -0.3 is 4.57 Å². The molecule has 2 heterocycles. The number of fused-ring (bicyclic) bond motifs is 1. The molecule has 1 amide bonds. The van der Waals surface area contributed by atoms with Gasteiger partial charge in [0.05, 0.1) is 10.2 Å². The van der Waals surface area contributed by atoms with E-state index < -0.39 is 0 Å². The molecule has 0 unspecified atom stereocenters. The molecule has 0 aliphatic carbocycles. The molecule has 0 aliphatic heterocycles. The average molecular weight is 365 g/mol. The third kappa shape index (κ3) is 3.24. The Morgan fingerprint density at radius 2 is 1.92 bits per heavy atom. The van der Waals surface area contributed by atoms with Gasteiger partial charge in [0.15, 0.2) is 0 Å². The molecule has 0 spiro atoms. The fourth-order valence-corrected chi connectivity index (χ4v) is 3.45. The maximum atomic E-state index is 12.1. The van der Waals surface area contributed by atoms with Crippen LogP contribution in [0.25, 0.3) is 21.6 Å². The summed E-state index contributed by atoms with van der Waals surface area (Å²) < 4.78 is 3.04. The Morgan fingerprint density at radius 3 is 2.73 bits per heavy atom. The van der Waals surface area contributed by atoms with Crippen molar-refractivity contribution < 1.29 is 4.79 Å². The van der Waals surface area contributed by atoms with Crippen LogP contribution >= 0.6 is 11.3 Å². The zero-order valence-electron chi connectivity index (χ0n) is 13.9. The predicted molar refractivity (Wildman–Crippen MR) is 97.8 cm³/mol. The van der Waals surface area contributed by atoms with E-state index in [-0.39, 0.29) is 12.5 Å². The summed E-state index contributed by atoms with van der Waals surface area (Å²) in [6.07, 6.45) is 0. The normalized spacial score (nSPS) is 11.8. The number of para-hydroxylation sites is 1. The summed E-state index contributed by atoms with van der Waals surface area (Å²) in [7, 11) is 1.91. The van der Waals surface area contributed by atoms with Crippen LogP contribution < -0.4 is 10.2 Å². The van der Waals surface area contributed by atoms with Gasteiger partial charge in [-0.05, 0) is 17.3 Å². The fraction of sp³-hybridized carbons (Fsp3) is 0.118. The minimum Gasteiger partial charge on any atom is -0.318 e. The first-order chi connectivity index (χ1) is 12.7. The van der Waals surface area contributed by atoms with E-state index >= 15 is 0 Å². The average Bonchev–Trinajstić information content (AvgIpc) is 3.26. The minimum absolute atomic E-state index is 0.0576. The molecule has 1 N–H and O–H groups in total. The highest BCUT2D eigenvalue weighted by Crippen LogP contribution is 2.15. The van der Waals surface area contributed by atoms with Crippen LogP contribution in [-0.4, -0.2) is 30.7 Å². The first-order valence-corrected chi connectivity index (χ1v) is 8.73. The van der Waals surface area contributed by atoms with Gasteiger partial charge in [0.1, 0.15) is 6.54 Å². The number of rotatable bonds is 4. The topological polar surface area (TPSA) is 90.0 Å². The number of carbonyl (C=O) groups is 1. The second kappa shape index (κ2) is 6.89. The maximum absolute atomic E-state index is 12.1. The zero-order valence-corrected chi connectivity index (χ0v) is 14.7. The van der Waals surface area contributed by atoms with E-state index in [0.717, 1.165) is 15.8 Å². The molecule has 0 saturated heterocycles. The third-order valence-electron chi connectivity index (χ3n) is 3.76. The molecule has 26 heavy (non-hydrogen) atoms. The molecule has 0 fully saturated rings. The van der Waals surface area contributed by atoms with Crippen LogP contribution in [0.3, 0.4) is 0 Å². The fourth-order valence-electron chi connectivity index (χ4n) is 2.48. The van der Waals surface area contributed by atoms with Gasteiger partial charge in [-0.3, -0.25) is 4.79 Å². The lowest BCUT2D eigenvalue weighted by Crippen LogP contribution is -2.27. The van der Waals surface area contributed by atoms with Crippen molar-refractivity contribution in [3.63, 3.8) is 0 Å². The van der Waals surface area contributed by atoms with E-state index in [9.17, 15) is 4.79 Å². The summed E-state index contributed by atoms with van der Waals surface area (Å²) in [6, 6.07) is 17.5. The Hall–Kier alpha value is -3.33. The quantitative estimate of drug-likeness (QED) is 0.555. The molecule has 0 saturated carbocycles. The van der Waals surface area contributed by atoms with Gasteiger partial charge in [-0.2, -0.15) is 4.80 Å². The molecule has 9 heteroatoms. The summed E-state index contributed by atoms with van der Waals surface area (Å²) in [4.78, 5) is 14.1. The smallest absolute Gasteiger partial charge is 0.263 e. The Balaban J connectivity index is 1.47. The molecule has 2 aromatic carbocycles. The molecule has 4 rings (SSSR count). The van der Waals surface area contributed by atoms with Crippen molar-refractivity contribution in [1.29, 1.82) is 0 Å². The van der Waals surface area contributed by atoms with Crippen molar-refractivity contribution in [1.82, 2.24) is 30.2 Å². The van der Waals surface area contributed by atoms with Gasteiger partial charge in [0, 0.05) is 12.6 Å². The molecule has 0 atom stereocenters. The van der Waals surface area contributed by atoms with Crippen LogP contribution in [0, 0.1) is 0 Å². The summed E-state index contributed by atoms with van der Waals surface area (Å²) in [5.41, 5.74) is 4.46. The highest BCUT2D eigenvalue weighted by molar-refractivity contribution is 7.16. The van der Waals surface area contributed by atoms with Crippen LogP contribution in [0.5, 0.6) is 0 Å². The number of aromatic nitrogens is 5. The Kier molecular flexibility index (Phi) is 4.28. The van der Waals surface area contributed by atoms with Gasteiger partial charge in [0.2, 0.25) is 10.6 Å². The predicted octanol–water partition coefficient (Wildman–Crippen LogP) is 1.53. The van der Waals surface area contributed by atoms with Gasteiger partial charge >= 0.3 is 0 Å². The first-order valence-electron chi connectivity index (χ1n) is 7.91. The molecule has 4 aromatic rings. The van der Waals surface area contributed by atoms with Gasteiger partial charge in [-0.25, -0.2) is 5.43 Å². The molecule has 130 valence electrons. The highest BCUT2D eigenvalue weighted by atomic mass is 32.1. The van der Waals surface area contributed by atoms with Gasteiger partial charge in [-0.15, -0.1) is 15.3 Å². The lowest BCUT2D eigenvalue weighted by molar-refractivity contribution is -0.122. The zero-order chi connectivity index (χ0) is 17.9. The van der Waals surface area contributed by atoms with Crippen molar-refractivity contribution in [2.24, 2.45) is 12.1 Å². The molecule has 8 nitrogen and oxygen atoms in total. The van der Waals surface area contributed by atoms with Crippen molar-refractivity contribution in [3.05, 3.63) is 59.4 Å². The van der Waals surface area contributed by atoms with Crippen molar-refractivity contribution in [2.75, 3.05) is 0 Å². The van der Waals surface area contributed by atoms with Crippen LogP contribution in [0.2, 0.25) is 0 Å². The lowest BCUT2D eigenvalue weighted by Gasteiger charge is -1.98. The number of benzene rings is 2. The van der Waals surface area contributed by atoms with E-state index in [1.165, 1.54) is 16.1 Å². The number of carbonyl (C=O) groups excluding carboxylic acids is 1. The number of nitrogens with one attached hydrogen (secondary N) is 1. The van der Waals surface area contributed by atoms with E-state index in [1.807, 2.05) is 66.2 Å². The molecule has 0 radical (unpaired) electrons. The van der Waals surface area contributed by atoms with E-state index in [0.29, 0.717) is 10.6 Å². The van der Waals surface area contributed by atoms with Gasteiger partial charge in [-0.1, -0.05) is 53.8 Å². The molecular weight excluding hydrogens is 350 g/mol. The highest BCUT2D eigenvalue weighted by Gasteiger charge is 2.09. The first kappa shape index (κ1) is 16.2. The SMILES string of the molecule is Cn1/c(=N/NC(=O)Cn2nnc(-c3ccccc3)n2)sc2ccccc21. The second-order valence-electron chi connectivity index (χ2n) is 5.57. The molecule has 2 aromatic heterocycles. The number of thiazole rings is 1. The number of hydrogen-bond acceptors (Lipinski definition) is 6. The number of amides is 1. The van der Waals surface area contributed by atoms with Crippen LogP contribution in [0.15, 0.2) is 59.7 Å². The van der Waals surface area contributed by atoms with Gasteiger partial charge in [0.25, 0.3) is 5.91 Å². The lowest BCUT2D eigenvalue weighted by atomic mass is 10.2. The van der Waals surface area contributed by atoms with E-state index in [4.69, 9.17) is 0 Å². The standard InChI is InChI=1S/C17H15N7OS/c1-23-13-9-5-6-10-14(13)26-17(23)20-18-15(25)11-24-21-16(19-22-24)12-7-3-2-4-8-12/h2-10H,11H2,1H3,(H,18,25)/b20-17-. The van der Waals surface area contributed by atoms with E-state index in [1.54, 1.807) is 0 Å². The number of tetrazole rings is 1. The van der Waals surface area contributed by atoms with Crippen LogP contribution in [0.1, 0.15) is 0 Å². The van der Waals surface area contributed by atoms with Crippen LogP contribution in [-0.2, 0) is 18.4 Å². The molecular formula is C17H15N7OS. The van der Waals surface area contributed by atoms with Crippen molar-refractivity contribution >= 4 is 27.5 Å². The summed E-state index contributed by atoms with van der Waals surface area (Å²) in [5.74, 6) is 0.158. The van der Waals surface area contributed by atoms with E-state index in [2.05, 4.69) is 25.9 Å². The van der Waals surface area contributed by atoms with Crippen molar-refractivity contribution in [3.8, 4) is 11.4 Å². The Morgan fingerprint density at radius 1 is 1.15 bits per heavy atom. The Labute approximate surface area is 152 Å². The summed E-state index contributed by atoms with van der Waals surface area (Å²) in [6.45, 7) is -0.0576. The maximum Gasteiger partial charge on any atom is 0.263 e. The van der Waals surface area contributed by atoms with Crippen molar-refractivity contribution in [2.45, 2.75) is 6.54 Å². The number of hydrogen-bond donors (Lipinski definition) is 1. The largest absolute Gasteiger partial charge is 0.318 e. The Bertz CT molecular complexity index is 1130. The number of aryl methyl sites for hydroxylation is 1. The third-order valence-corrected chi connectivity index (χ3v) is 4.87.